The van der Waals surface area contributed by atoms with E-state index in [0.717, 1.165) is 34.4 Å². The van der Waals surface area contributed by atoms with Crippen molar-refractivity contribution in [1.82, 2.24) is 15.5 Å². The minimum absolute atomic E-state index is 0.00507. The van der Waals surface area contributed by atoms with E-state index in [1.807, 2.05) is 62.4 Å². The highest BCUT2D eigenvalue weighted by Crippen LogP contribution is 2.36. The van der Waals surface area contributed by atoms with Crippen molar-refractivity contribution in [2.24, 2.45) is 5.41 Å². The minimum atomic E-state index is -0.664. The van der Waals surface area contributed by atoms with Crippen molar-refractivity contribution >= 4 is 11.6 Å². The van der Waals surface area contributed by atoms with Gasteiger partial charge in [-0.25, -0.2) is 0 Å². The number of H-pyrrole nitrogens is 1. The zero-order valence-corrected chi connectivity index (χ0v) is 22.0. The molecule has 0 saturated carbocycles. The van der Waals surface area contributed by atoms with E-state index in [9.17, 15) is 10.5 Å². The maximum Gasteiger partial charge on any atom is 0.0991 e. The molecule has 0 aliphatic carbocycles. The number of halogens is 1. The van der Waals surface area contributed by atoms with Gasteiger partial charge in [0.2, 0.25) is 0 Å². The smallest absolute Gasteiger partial charge is 0.0991 e. The Hall–Kier alpha value is -3.90. The fourth-order valence-electron chi connectivity index (χ4n) is 4.73. The van der Waals surface area contributed by atoms with Crippen molar-refractivity contribution in [3.8, 4) is 23.4 Å². The summed E-state index contributed by atoms with van der Waals surface area (Å²) in [6, 6.07) is 30.4. The molecule has 1 aromatic heterocycles. The van der Waals surface area contributed by atoms with Crippen molar-refractivity contribution in [3.05, 3.63) is 112 Å². The summed E-state index contributed by atoms with van der Waals surface area (Å²) in [5.41, 5.74) is 5.23. The molecule has 3 aromatic carbocycles. The predicted octanol–water partition coefficient (Wildman–Crippen LogP) is 7.20. The van der Waals surface area contributed by atoms with Gasteiger partial charge in [-0.1, -0.05) is 60.1 Å². The molecule has 0 aliphatic rings. The largest absolute Gasteiger partial charge is 0.305 e. The Labute approximate surface area is 223 Å². The molecule has 0 bridgehead atoms. The average molecular weight is 508 g/mol. The Balaban J connectivity index is 1.67. The third-order valence-electron chi connectivity index (χ3n) is 6.91. The van der Waals surface area contributed by atoms with E-state index in [0.29, 0.717) is 10.6 Å². The average Bonchev–Trinajstić information content (AvgIpc) is 3.46. The van der Waals surface area contributed by atoms with Crippen LogP contribution >= 0.6 is 11.6 Å². The van der Waals surface area contributed by atoms with Gasteiger partial charge in [0.25, 0.3) is 0 Å². The third kappa shape index (κ3) is 6.27. The van der Waals surface area contributed by atoms with Crippen molar-refractivity contribution in [2.45, 2.75) is 45.2 Å². The van der Waals surface area contributed by atoms with Gasteiger partial charge >= 0.3 is 0 Å². The first-order chi connectivity index (χ1) is 17.8. The maximum atomic E-state index is 10.1. The Bertz CT molecular complexity index is 1390. The molecule has 1 heterocycles. The quantitative estimate of drug-likeness (QED) is 0.251. The van der Waals surface area contributed by atoms with Crippen LogP contribution in [0.4, 0.5) is 0 Å². The van der Waals surface area contributed by atoms with Gasteiger partial charge in [0.1, 0.15) is 0 Å². The van der Waals surface area contributed by atoms with E-state index in [4.69, 9.17) is 11.6 Å². The molecule has 6 heteroatoms. The number of aromatic amines is 1. The summed E-state index contributed by atoms with van der Waals surface area (Å²) in [6.45, 7) is 6.08. The lowest BCUT2D eigenvalue weighted by Crippen LogP contribution is -2.42. The van der Waals surface area contributed by atoms with E-state index in [-0.39, 0.29) is 18.0 Å². The molecule has 3 atom stereocenters. The third-order valence-corrected chi connectivity index (χ3v) is 7.16. The lowest BCUT2D eigenvalue weighted by molar-refractivity contribution is 0.281. The molecular weight excluding hydrogens is 478 g/mol. The topological polar surface area (TPSA) is 88.3 Å². The van der Waals surface area contributed by atoms with Crippen LogP contribution in [0.25, 0.3) is 11.3 Å². The fraction of sp³-hybridized carbons (Fsp3) is 0.258. The van der Waals surface area contributed by atoms with Crippen molar-refractivity contribution < 1.29 is 0 Å². The van der Waals surface area contributed by atoms with Crippen molar-refractivity contribution in [2.75, 3.05) is 0 Å². The van der Waals surface area contributed by atoms with Crippen LogP contribution in [0.5, 0.6) is 0 Å². The molecule has 37 heavy (non-hydrogen) atoms. The van der Waals surface area contributed by atoms with Crippen LogP contribution in [0.15, 0.2) is 85.1 Å². The zero-order valence-electron chi connectivity index (χ0n) is 21.2. The van der Waals surface area contributed by atoms with Crippen LogP contribution in [-0.4, -0.2) is 16.2 Å². The van der Waals surface area contributed by atoms with Gasteiger partial charge in [-0.15, -0.1) is 0 Å². The second kappa shape index (κ2) is 11.4. The lowest BCUT2D eigenvalue weighted by atomic mass is 9.79. The van der Waals surface area contributed by atoms with Crippen molar-refractivity contribution in [1.29, 1.82) is 10.5 Å². The van der Waals surface area contributed by atoms with Crippen molar-refractivity contribution in [3.63, 3.8) is 0 Å². The second-order valence-corrected chi connectivity index (χ2v) is 10.4. The highest BCUT2D eigenvalue weighted by molar-refractivity contribution is 6.30. The molecule has 186 valence electrons. The summed E-state index contributed by atoms with van der Waals surface area (Å²) in [5, 5.41) is 31.1. The molecular formula is C31H30ClN5. The van der Waals surface area contributed by atoms with Gasteiger partial charge < -0.3 is 5.32 Å². The van der Waals surface area contributed by atoms with Crippen LogP contribution in [0.1, 0.15) is 55.0 Å². The first-order valence-electron chi connectivity index (χ1n) is 12.3. The number of nitriles is 2. The molecule has 0 spiro atoms. The number of hydrogen-bond acceptors (Lipinski definition) is 4. The molecule has 1 unspecified atom stereocenters. The number of hydrogen-bond donors (Lipinski definition) is 2. The molecule has 5 nitrogen and oxygen atoms in total. The summed E-state index contributed by atoms with van der Waals surface area (Å²) < 4.78 is 0. The van der Waals surface area contributed by atoms with E-state index in [1.165, 1.54) is 0 Å². The molecule has 0 saturated heterocycles. The molecule has 0 radical (unpaired) electrons. The Kier molecular flexibility index (Phi) is 8.09. The lowest BCUT2D eigenvalue weighted by Gasteiger charge is -2.36. The van der Waals surface area contributed by atoms with E-state index in [1.54, 1.807) is 6.20 Å². The second-order valence-electron chi connectivity index (χ2n) is 9.99. The Morgan fingerprint density at radius 1 is 0.973 bits per heavy atom. The molecule has 0 amide bonds. The summed E-state index contributed by atoms with van der Waals surface area (Å²) in [7, 11) is 0. The van der Waals surface area contributed by atoms with Gasteiger partial charge in [0.15, 0.2) is 0 Å². The summed E-state index contributed by atoms with van der Waals surface area (Å²) in [6.07, 6.45) is 2.49. The van der Waals surface area contributed by atoms with Crippen LogP contribution in [0.3, 0.4) is 0 Å². The zero-order chi connectivity index (χ0) is 26.4. The molecule has 2 N–H and O–H groups in total. The monoisotopic (exact) mass is 507 g/mol. The number of nitrogens with one attached hydrogen (secondary N) is 2. The van der Waals surface area contributed by atoms with Gasteiger partial charge in [-0.3, -0.25) is 5.10 Å². The molecule has 4 rings (SSSR count). The minimum Gasteiger partial charge on any atom is -0.305 e. The van der Waals surface area contributed by atoms with Gasteiger partial charge in [-0.2, -0.15) is 15.6 Å². The fourth-order valence-corrected chi connectivity index (χ4v) is 4.86. The molecule has 4 aromatic rings. The number of aromatic nitrogens is 2. The van der Waals surface area contributed by atoms with Gasteiger partial charge in [0.05, 0.1) is 34.9 Å². The van der Waals surface area contributed by atoms with E-state index in [2.05, 4.69) is 64.9 Å². The highest BCUT2D eigenvalue weighted by atomic mass is 35.5. The maximum absolute atomic E-state index is 10.1. The number of rotatable bonds is 9. The van der Waals surface area contributed by atoms with Crippen LogP contribution in [0.2, 0.25) is 5.02 Å². The Morgan fingerprint density at radius 2 is 1.70 bits per heavy atom. The number of nitrogens with zero attached hydrogens (tertiary/aromatic N) is 3. The summed E-state index contributed by atoms with van der Waals surface area (Å²) in [4.78, 5) is 0. The standard InChI is InChI=1S/C31H30ClN5/c1-21(28(18-22-7-13-27(32)14-8-22)26-6-4-5-23(17-26)19-33)36-30(31(2,3)20-34)25-11-9-24(10-12-25)29-15-16-35-37-29/h4-17,21,28,30,36H,18H2,1-3H3,(H,35,37)/t21-,28+,30?/m0/s1. The van der Waals surface area contributed by atoms with Gasteiger partial charge in [0, 0.05) is 23.2 Å². The SMILES string of the molecule is C[C@H](NC(c1ccc(-c2ccn[nH]2)cc1)C(C)(C)C#N)[C@@H](Cc1ccc(Cl)cc1)c1cccc(C#N)c1. The first kappa shape index (κ1) is 26.2. The van der Waals surface area contributed by atoms with Crippen LogP contribution < -0.4 is 5.32 Å². The normalized spacial score (nSPS) is 13.8. The predicted molar refractivity (Wildman–Crippen MR) is 148 cm³/mol. The highest BCUT2D eigenvalue weighted by Gasteiger charge is 2.34. The van der Waals surface area contributed by atoms with Gasteiger partial charge in [-0.05, 0) is 79.8 Å². The van der Waals surface area contributed by atoms with Crippen LogP contribution in [0, 0.1) is 28.1 Å². The summed E-state index contributed by atoms with van der Waals surface area (Å²) in [5.74, 6) is 0.0655. The van der Waals surface area contributed by atoms with Crippen LogP contribution in [-0.2, 0) is 6.42 Å². The Morgan fingerprint density at radius 3 is 2.32 bits per heavy atom. The van der Waals surface area contributed by atoms with E-state index >= 15 is 0 Å². The summed E-state index contributed by atoms with van der Waals surface area (Å²) >= 11 is 6.13. The molecule has 0 fully saturated rings. The number of benzene rings is 3. The first-order valence-corrected chi connectivity index (χ1v) is 12.7. The van der Waals surface area contributed by atoms with E-state index < -0.39 is 5.41 Å². The molecule has 0 aliphatic heterocycles.